The molecule has 3 N–H and O–H groups in total. The number of nitrogens with zero attached hydrogens (tertiary/aromatic N) is 1. The van der Waals surface area contributed by atoms with Crippen LogP contribution in [0.3, 0.4) is 0 Å². The fraction of sp³-hybridized carbons (Fsp3) is 0.118. The van der Waals surface area contributed by atoms with Gasteiger partial charge in [0.1, 0.15) is 0 Å². The van der Waals surface area contributed by atoms with Crippen molar-refractivity contribution < 1.29 is 0 Å². The summed E-state index contributed by atoms with van der Waals surface area (Å²) in [5, 5.41) is 5.22. The van der Waals surface area contributed by atoms with Crippen molar-refractivity contribution in [2.45, 2.75) is 6.04 Å². The van der Waals surface area contributed by atoms with E-state index in [4.69, 9.17) is 17.3 Å². The highest BCUT2D eigenvalue weighted by Gasteiger charge is 2.11. The van der Waals surface area contributed by atoms with Gasteiger partial charge < -0.3 is 11.1 Å². The molecule has 2 aromatic carbocycles. The van der Waals surface area contributed by atoms with Gasteiger partial charge in [-0.25, -0.2) is 0 Å². The number of aromatic nitrogens is 1. The molecular formula is C17H16ClN3. The Morgan fingerprint density at radius 1 is 1.10 bits per heavy atom. The first kappa shape index (κ1) is 13.9. The van der Waals surface area contributed by atoms with Crippen LogP contribution < -0.4 is 11.1 Å². The Balaban J connectivity index is 1.97. The first-order valence-corrected chi connectivity index (χ1v) is 7.21. The van der Waals surface area contributed by atoms with Gasteiger partial charge >= 0.3 is 0 Å². The number of halogens is 1. The van der Waals surface area contributed by atoms with E-state index in [-0.39, 0.29) is 6.04 Å². The van der Waals surface area contributed by atoms with Crippen LogP contribution in [-0.4, -0.2) is 11.5 Å². The number of nitrogens with two attached hydrogens (primary N) is 1. The third-order valence-corrected chi connectivity index (χ3v) is 3.71. The van der Waals surface area contributed by atoms with E-state index in [1.54, 1.807) is 6.20 Å². The van der Waals surface area contributed by atoms with Gasteiger partial charge in [0.2, 0.25) is 0 Å². The number of hydrogen-bond acceptors (Lipinski definition) is 3. The van der Waals surface area contributed by atoms with Crippen molar-refractivity contribution in [1.82, 2.24) is 4.98 Å². The highest BCUT2D eigenvalue weighted by molar-refractivity contribution is 6.31. The molecule has 106 valence electrons. The molecular weight excluding hydrogens is 282 g/mol. The number of pyridine rings is 1. The molecule has 0 amide bonds. The van der Waals surface area contributed by atoms with Crippen molar-refractivity contribution in [3.8, 4) is 0 Å². The van der Waals surface area contributed by atoms with E-state index < -0.39 is 0 Å². The number of nitrogens with one attached hydrogen (secondary N) is 1. The Morgan fingerprint density at radius 3 is 2.67 bits per heavy atom. The zero-order valence-electron chi connectivity index (χ0n) is 11.5. The van der Waals surface area contributed by atoms with Crippen LogP contribution in [0.1, 0.15) is 11.6 Å². The summed E-state index contributed by atoms with van der Waals surface area (Å²) in [6.07, 6.45) is 1.78. The zero-order chi connectivity index (χ0) is 14.7. The second-order valence-electron chi connectivity index (χ2n) is 4.86. The number of rotatable bonds is 4. The minimum atomic E-state index is 0.0625. The fourth-order valence-electron chi connectivity index (χ4n) is 2.40. The lowest BCUT2D eigenvalue weighted by Gasteiger charge is -2.19. The maximum atomic E-state index is 6.02. The van der Waals surface area contributed by atoms with Crippen molar-refractivity contribution in [1.29, 1.82) is 0 Å². The molecule has 4 heteroatoms. The van der Waals surface area contributed by atoms with Crippen molar-refractivity contribution in [3.63, 3.8) is 0 Å². The van der Waals surface area contributed by atoms with E-state index in [9.17, 15) is 0 Å². The second kappa shape index (κ2) is 6.12. The number of fused-ring (bicyclic) bond motifs is 1. The summed E-state index contributed by atoms with van der Waals surface area (Å²) in [5.74, 6) is 0. The fourth-order valence-corrected chi connectivity index (χ4v) is 2.56. The van der Waals surface area contributed by atoms with Gasteiger partial charge in [-0.1, -0.05) is 41.9 Å². The third-order valence-electron chi connectivity index (χ3n) is 3.47. The minimum absolute atomic E-state index is 0.0625. The Morgan fingerprint density at radius 2 is 1.90 bits per heavy atom. The van der Waals surface area contributed by atoms with Gasteiger partial charge in [-0.05, 0) is 29.8 Å². The largest absolute Gasteiger partial charge is 0.376 e. The molecule has 1 unspecified atom stereocenters. The van der Waals surface area contributed by atoms with Gasteiger partial charge in [0, 0.05) is 28.8 Å². The quantitative estimate of drug-likeness (QED) is 0.765. The molecule has 0 bridgehead atoms. The van der Waals surface area contributed by atoms with Crippen LogP contribution in [0.2, 0.25) is 5.02 Å². The summed E-state index contributed by atoms with van der Waals surface area (Å²) >= 11 is 6.02. The van der Waals surface area contributed by atoms with Crippen molar-refractivity contribution in [2.24, 2.45) is 5.73 Å². The summed E-state index contributed by atoms with van der Waals surface area (Å²) in [6.45, 7) is 0.515. The summed E-state index contributed by atoms with van der Waals surface area (Å²) in [6, 6.07) is 17.9. The Hall–Kier alpha value is -2.10. The summed E-state index contributed by atoms with van der Waals surface area (Å²) in [5.41, 5.74) is 8.97. The maximum absolute atomic E-state index is 6.02. The van der Waals surface area contributed by atoms with Crippen LogP contribution in [0, 0.1) is 0 Å². The molecule has 1 aromatic heterocycles. The van der Waals surface area contributed by atoms with E-state index in [0.29, 0.717) is 11.6 Å². The van der Waals surface area contributed by atoms with Gasteiger partial charge in [-0.3, -0.25) is 4.98 Å². The Bertz CT molecular complexity index is 743. The van der Waals surface area contributed by atoms with E-state index in [1.165, 1.54) is 5.56 Å². The lowest BCUT2D eigenvalue weighted by molar-refractivity contribution is 0.791. The van der Waals surface area contributed by atoms with Crippen LogP contribution in [0.5, 0.6) is 0 Å². The smallest absolute Gasteiger partial charge is 0.0737 e. The van der Waals surface area contributed by atoms with Crippen LogP contribution in [0.4, 0.5) is 5.69 Å². The second-order valence-corrected chi connectivity index (χ2v) is 5.30. The molecule has 0 aliphatic rings. The molecule has 0 fully saturated rings. The predicted molar refractivity (Wildman–Crippen MR) is 88.6 cm³/mol. The molecule has 0 radical (unpaired) electrons. The Kier molecular flexibility index (Phi) is 4.04. The van der Waals surface area contributed by atoms with E-state index in [0.717, 1.165) is 16.6 Å². The highest BCUT2D eigenvalue weighted by atomic mass is 35.5. The molecule has 0 spiro atoms. The van der Waals surface area contributed by atoms with E-state index in [2.05, 4.69) is 22.4 Å². The first-order valence-electron chi connectivity index (χ1n) is 6.84. The standard InChI is InChI=1S/C17H16ClN3/c18-13-6-7-14-15(8-9-20-16(14)10-13)21-17(11-19)12-4-2-1-3-5-12/h1-10,17H,11,19H2,(H,20,21). The molecule has 1 heterocycles. The van der Waals surface area contributed by atoms with Crippen molar-refractivity contribution in [2.75, 3.05) is 11.9 Å². The van der Waals surface area contributed by atoms with Crippen LogP contribution >= 0.6 is 11.6 Å². The van der Waals surface area contributed by atoms with Crippen molar-refractivity contribution in [3.05, 3.63) is 71.4 Å². The van der Waals surface area contributed by atoms with Crippen LogP contribution in [0.15, 0.2) is 60.8 Å². The lowest BCUT2D eigenvalue weighted by Crippen LogP contribution is -2.20. The van der Waals surface area contributed by atoms with Crippen molar-refractivity contribution >= 4 is 28.2 Å². The molecule has 0 saturated heterocycles. The van der Waals surface area contributed by atoms with Gasteiger partial charge in [0.15, 0.2) is 0 Å². The zero-order valence-corrected chi connectivity index (χ0v) is 12.2. The lowest BCUT2D eigenvalue weighted by atomic mass is 10.1. The summed E-state index contributed by atoms with van der Waals surface area (Å²) in [4.78, 5) is 4.35. The summed E-state index contributed by atoms with van der Waals surface area (Å²) in [7, 11) is 0. The number of anilines is 1. The average molecular weight is 298 g/mol. The molecule has 3 rings (SSSR count). The number of hydrogen-bond donors (Lipinski definition) is 2. The van der Waals surface area contributed by atoms with E-state index >= 15 is 0 Å². The topological polar surface area (TPSA) is 50.9 Å². The van der Waals surface area contributed by atoms with Gasteiger partial charge in [0.25, 0.3) is 0 Å². The average Bonchev–Trinajstić information content (AvgIpc) is 2.53. The molecule has 1 atom stereocenters. The molecule has 3 aromatic rings. The first-order chi connectivity index (χ1) is 10.3. The minimum Gasteiger partial charge on any atom is -0.376 e. The number of benzene rings is 2. The molecule has 21 heavy (non-hydrogen) atoms. The molecule has 0 aliphatic heterocycles. The SMILES string of the molecule is NCC(Nc1ccnc2cc(Cl)ccc12)c1ccccc1. The van der Waals surface area contributed by atoms with Gasteiger partial charge in [-0.15, -0.1) is 0 Å². The summed E-state index contributed by atoms with van der Waals surface area (Å²) < 4.78 is 0. The van der Waals surface area contributed by atoms with E-state index in [1.807, 2.05) is 42.5 Å². The molecule has 3 nitrogen and oxygen atoms in total. The molecule has 0 aliphatic carbocycles. The third kappa shape index (κ3) is 2.99. The van der Waals surface area contributed by atoms with Gasteiger partial charge in [0.05, 0.1) is 11.6 Å². The molecule has 0 saturated carbocycles. The Labute approximate surface area is 128 Å². The maximum Gasteiger partial charge on any atom is 0.0737 e. The monoisotopic (exact) mass is 297 g/mol. The predicted octanol–water partition coefficient (Wildman–Crippen LogP) is 4.00. The normalized spacial score (nSPS) is 12.3. The highest BCUT2D eigenvalue weighted by Crippen LogP contribution is 2.27. The van der Waals surface area contributed by atoms with Crippen LogP contribution in [-0.2, 0) is 0 Å². The van der Waals surface area contributed by atoms with Gasteiger partial charge in [-0.2, -0.15) is 0 Å². The van der Waals surface area contributed by atoms with Crippen LogP contribution in [0.25, 0.3) is 10.9 Å².